The Balaban J connectivity index is 2.41. The number of rotatable bonds is 11. The maximum Gasteiger partial charge on any atom is 0.125 e. The summed E-state index contributed by atoms with van der Waals surface area (Å²) < 4.78 is 0. The van der Waals surface area contributed by atoms with Crippen molar-refractivity contribution < 1.29 is 5.11 Å². The Morgan fingerprint density at radius 3 is 2.52 bits per heavy atom. The molecule has 4 heteroatoms. The summed E-state index contributed by atoms with van der Waals surface area (Å²) in [4.78, 5) is 0. The molecule has 4 nitrogen and oxygen atoms in total. The van der Waals surface area contributed by atoms with Crippen LogP contribution >= 0.6 is 0 Å². The maximum atomic E-state index is 9.98. The molecule has 23 heavy (non-hydrogen) atoms. The quantitative estimate of drug-likeness (QED) is 0.332. The summed E-state index contributed by atoms with van der Waals surface area (Å²) >= 11 is 0. The first-order chi connectivity index (χ1) is 11.2. The zero-order valence-corrected chi connectivity index (χ0v) is 13.9. The van der Waals surface area contributed by atoms with Crippen molar-refractivity contribution >= 4 is 18.9 Å². The molecule has 0 aliphatic heterocycles. The molecule has 0 unspecified atom stereocenters. The lowest BCUT2D eigenvalue weighted by Crippen LogP contribution is -2.27. The van der Waals surface area contributed by atoms with E-state index in [9.17, 15) is 5.11 Å². The lowest BCUT2D eigenvalue weighted by atomic mass is 10.1. The predicted octanol–water partition coefficient (Wildman–Crippen LogP) is 1.99. The van der Waals surface area contributed by atoms with Crippen LogP contribution < -0.4 is 21.6 Å². The molecule has 0 aliphatic rings. The molecule has 0 atom stereocenters. The second kappa shape index (κ2) is 11.5. The number of hydrazone groups is 1. The average Bonchev–Trinajstić information content (AvgIpc) is 2.55. The highest BCUT2D eigenvalue weighted by molar-refractivity contribution is 5.84. The number of benzene rings is 1. The van der Waals surface area contributed by atoms with Crippen molar-refractivity contribution in [3.8, 4) is 5.75 Å². The zero-order valence-electron chi connectivity index (χ0n) is 13.9. The highest BCUT2D eigenvalue weighted by atomic mass is 16.3. The van der Waals surface area contributed by atoms with E-state index in [1.54, 1.807) is 24.4 Å². The molecule has 126 valence electrons. The van der Waals surface area contributed by atoms with Gasteiger partial charge in [-0.25, -0.2) is 0 Å². The van der Waals surface area contributed by atoms with Crippen LogP contribution in [0.1, 0.15) is 44.1 Å². The van der Waals surface area contributed by atoms with E-state index < -0.39 is 0 Å². The Labute approximate surface area is 139 Å². The van der Waals surface area contributed by atoms with Crippen LogP contribution in [0.25, 0.3) is 12.7 Å². The molecule has 0 amide bonds. The molecule has 0 bridgehead atoms. The molecular formula is C19H29N3O. The van der Waals surface area contributed by atoms with Crippen LogP contribution in [0.2, 0.25) is 0 Å². The minimum absolute atomic E-state index is 0.191. The van der Waals surface area contributed by atoms with Gasteiger partial charge in [0, 0.05) is 12.1 Å². The van der Waals surface area contributed by atoms with Gasteiger partial charge < -0.3 is 16.3 Å². The Bertz CT molecular complexity index is 608. The number of nitrogens with one attached hydrogen (secondary N) is 1. The van der Waals surface area contributed by atoms with Crippen molar-refractivity contribution in [2.24, 2.45) is 10.8 Å². The summed E-state index contributed by atoms with van der Waals surface area (Å²) in [6.45, 7) is 9.28. The number of aromatic hydroxyl groups is 1. The number of hydrogen-bond acceptors (Lipinski definition) is 4. The molecule has 4 N–H and O–H groups in total. The molecule has 1 aromatic carbocycles. The van der Waals surface area contributed by atoms with Gasteiger partial charge in [-0.15, -0.1) is 0 Å². The SMILES string of the molecule is C=C/C=c1/c(/C=N\NCCCCCCCCN)c(O)ccc1=C. The summed E-state index contributed by atoms with van der Waals surface area (Å²) in [6.07, 6.45) is 12.3. The first-order valence-corrected chi connectivity index (χ1v) is 8.30. The molecule has 0 heterocycles. The second-order valence-electron chi connectivity index (χ2n) is 5.55. The highest BCUT2D eigenvalue weighted by Crippen LogP contribution is 2.07. The van der Waals surface area contributed by atoms with Crippen molar-refractivity contribution in [3.63, 3.8) is 0 Å². The fraction of sp³-hybridized carbons (Fsp3) is 0.421. The van der Waals surface area contributed by atoms with Gasteiger partial charge in [0.15, 0.2) is 0 Å². The summed E-state index contributed by atoms with van der Waals surface area (Å²) in [5.41, 5.74) is 9.16. The molecule has 0 aliphatic carbocycles. The summed E-state index contributed by atoms with van der Waals surface area (Å²) in [6, 6.07) is 3.41. The van der Waals surface area contributed by atoms with Crippen LogP contribution in [0, 0.1) is 0 Å². The Hall–Kier alpha value is -2.07. The number of unbranched alkanes of at least 4 members (excludes halogenated alkanes) is 5. The Morgan fingerprint density at radius 2 is 1.83 bits per heavy atom. The van der Waals surface area contributed by atoms with Gasteiger partial charge in [-0.2, -0.15) is 5.10 Å². The van der Waals surface area contributed by atoms with Crippen molar-refractivity contribution in [3.05, 3.63) is 40.8 Å². The second-order valence-corrected chi connectivity index (χ2v) is 5.55. The first-order valence-electron chi connectivity index (χ1n) is 8.30. The maximum absolute atomic E-state index is 9.98. The van der Waals surface area contributed by atoms with E-state index in [1.165, 1.54) is 25.7 Å². The van der Waals surface area contributed by atoms with Crippen LogP contribution in [0.5, 0.6) is 5.75 Å². The van der Waals surface area contributed by atoms with Gasteiger partial charge in [0.1, 0.15) is 5.75 Å². The third-order valence-corrected chi connectivity index (χ3v) is 3.67. The van der Waals surface area contributed by atoms with E-state index in [1.807, 2.05) is 6.08 Å². The fourth-order valence-electron chi connectivity index (χ4n) is 2.35. The standard InChI is InChI=1S/C19H29N3O/c1-3-10-17-16(2)11-12-19(23)18(17)15-22-21-14-9-7-5-4-6-8-13-20/h3,10-12,15,21,23H,1-2,4-9,13-14,20H2/b17-10+,22-15-. The monoisotopic (exact) mass is 315 g/mol. The smallest absolute Gasteiger partial charge is 0.125 e. The lowest BCUT2D eigenvalue weighted by molar-refractivity contribution is 0.473. The number of phenols is 1. The van der Waals surface area contributed by atoms with E-state index >= 15 is 0 Å². The zero-order chi connectivity index (χ0) is 16.9. The molecule has 1 aromatic rings. The number of phenolic OH excluding ortho intramolecular Hbond substituents is 1. The van der Waals surface area contributed by atoms with Crippen molar-refractivity contribution in [1.82, 2.24) is 5.43 Å². The van der Waals surface area contributed by atoms with Crippen LogP contribution in [0.3, 0.4) is 0 Å². The summed E-state index contributed by atoms with van der Waals surface area (Å²) in [5.74, 6) is 0.191. The number of hydrogen-bond donors (Lipinski definition) is 3. The highest BCUT2D eigenvalue weighted by Gasteiger charge is 2.00. The molecule has 0 fully saturated rings. The van der Waals surface area contributed by atoms with Crippen LogP contribution in [-0.4, -0.2) is 24.4 Å². The van der Waals surface area contributed by atoms with Crippen LogP contribution in [0.15, 0.2) is 29.9 Å². The number of allylic oxidation sites excluding steroid dienone is 1. The minimum atomic E-state index is 0.191. The first kappa shape index (κ1) is 19.0. The van der Waals surface area contributed by atoms with Gasteiger partial charge >= 0.3 is 0 Å². The van der Waals surface area contributed by atoms with Crippen molar-refractivity contribution in [1.29, 1.82) is 0 Å². The lowest BCUT2D eigenvalue weighted by Gasteiger charge is -2.03. The summed E-state index contributed by atoms with van der Waals surface area (Å²) in [7, 11) is 0. The van der Waals surface area contributed by atoms with Crippen LogP contribution in [-0.2, 0) is 0 Å². The van der Waals surface area contributed by atoms with Crippen LogP contribution in [0.4, 0.5) is 0 Å². The molecule has 0 spiro atoms. The molecule has 0 saturated heterocycles. The van der Waals surface area contributed by atoms with Gasteiger partial charge in [0.05, 0.1) is 6.21 Å². The Kier molecular flexibility index (Phi) is 9.48. The molecule has 0 radical (unpaired) electrons. The van der Waals surface area contributed by atoms with E-state index in [2.05, 4.69) is 23.7 Å². The average molecular weight is 315 g/mol. The van der Waals surface area contributed by atoms with Gasteiger partial charge in [-0.1, -0.05) is 57.1 Å². The minimum Gasteiger partial charge on any atom is -0.507 e. The summed E-state index contributed by atoms with van der Waals surface area (Å²) in [5, 5.41) is 15.8. The predicted molar refractivity (Wildman–Crippen MR) is 99.9 cm³/mol. The van der Waals surface area contributed by atoms with Gasteiger partial charge in [-0.05, 0) is 35.9 Å². The van der Waals surface area contributed by atoms with Crippen molar-refractivity contribution in [2.75, 3.05) is 13.1 Å². The largest absolute Gasteiger partial charge is 0.507 e. The van der Waals surface area contributed by atoms with Crippen molar-refractivity contribution in [2.45, 2.75) is 38.5 Å². The normalized spacial score (nSPS) is 12.0. The molecule has 1 rings (SSSR count). The van der Waals surface area contributed by atoms with Gasteiger partial charge in [-0.3, -0.25) is 0 Å². The van der Waals surface area contributed by atoms with E-state index in [0.29, 0.717) is 5.56 Å². The topological polar surface area (TPSA) is 70.6 Å². The third kappa shape index (κ3) is 7.15. The number of nitrogens with zero attached hydrogens (tertiary/aromatic N) is 1. The van der Waals surface area contributed by atoms with E-state index in [-0.39, 0.29) is 5.75 Å². The van der Waals surface area contributed by atoms with Gasteiger partial charge in [0.2, 0.25) is 0 Å². The number of nitrogens with two attached hydrogens (primary N) is 1. The fourth-order valence-corrected chi connectivity index (χ4v) is 2.35. The molecule has 0 aromatic heterocycles. The van der Waals surface area contributed by atoms with Gasteiger partial charge in [0.25, 0.3) is 0 Å². The Morgan fingerprint density at radius 1 is 1.13 bits per heavy atom. The van der Waals surface area contributed by atoms with E-state index in [4.69, 9.17) is 5.73 Å². The molecule has 0 saturated carbocycles. The molecular weight excluding hydrogens is 286 g/mol. The van der Waals surface area contributed by atoms with E-state index in [0.717, 1.165) is 36.4 Å². The third-order valence-electron chi connectivity index (χ3n) is 3.67.